The molecule has 1 aliphatic heterocycles. The molecule has 7 atom stereocenters. The lowest BCUT2D eigenvalue weighted by Crippen LogP contribution is -2.54. The van der Waals surface area contributed by atoms with Crippen molar-refractivity contribution in [1.29, 1.82) is 0 Å². The van der Waals surface area contributed by atoms with Crippen molar-refractivity contribution in [3.63, 3.8) is 0 Å². The van der Waals surface area contributed by atoms with Gasteiger partial charge in [0, 0.05) is 48.9 Å². The van der Waals surface area contributed by atoms with E-state index in [1.807, 2.05) is 6.92 Å². The summed E-state index contributed by atoms with van der Waals surface area (Å²) in [7, 11) is 0. The molecule has 3 saturated carbocycles. The summed E-state index contributed by atoms with van der Waals surface area (Å²) in [6, 6.07) is 5.53. The molecule has 3 aliphatic carbocycles. The lowest BCUT2D eigenvalue weighted by atomic mass is 9.57. The number of aromatic amines is 1. The number of carbonyl (C=O) groups excluding carboxylic acids is 3. The van der Waals surface area contributed by atoms with Crippen molar-refractivity contribution in [1.82, 2.24) is 19.9 Å². The molecule has 0 amide bonds. The summed E-state index contributed by atoms with van der Waals surface area (Å²) in [5, 5.41) is 12.7. The van der Waals surface area contributed by atoms with Gasteiger partial charge >= 0.3 is 23.6 Å². The Bertz CT molecular complexity index is 2180. The fourth-order valence-electron chi connectivity index (χ4n) is 8.67. The summed E-state index contributed by atoms with van der Waals surface area (Å²) in [4.78, 5) is 64.6. The number of carbonyl (C=O) groups is 3. The van der Waals surface area contributed by atoms with Crippen molar-refractivity contribution in [3.05, 3.63) is 75.9 Å². The molecule has 15 nitrogen and oxygen atoms in total. The maximum atomic E-state index is 15.3. The molecule has 1 aromatic carbocycles. The van der Waals surface area contributed by atoms with E-state index in [0.717, 1.165) is 38.1 Å². The summed E-state index contributed by atoms with van der Waals surface area (Å²) >= 11 is 0. The first-order valence-corrected chi connectivity index (χ1v) is 19.0. The normalized spacial score (nSPS) is 26.8. The summed E-state index contributed by atoms with van der Waals surface area (Å²) in [5.41, 5.74) is 1.01. The lowest BCUT2D eigenvalue weighted by molar-refractivity contribution is -0.387. The van der Waals surface area contributed by atoms with Crippen molar-refractivity contribution < 1.29 is 51.8 Å². The highest BCUT2D eigenvalue weighted by Gasteiger charge is 2.48. The maximum Gasteiger partial charge on any atom is 0.311 e. The van der Waals surface area contributed by atoms with Crippen molar-refractivity contribution in [2.24, 2.45) is 35.5 Å². The molecule has 4 aliphatic rings. The van der Waals surface area contributed by atoms with Crippen LogP contribution >= 0.6 is 0 Å². The smallest absolute Gasteiger partial charge is 0.311 e. The number of esters is 3. The second kappa shape index (κ2) is 16.5. The zero-order valence-corrected chi connectivity index (χ0v) is 31.8. The molecular formula is C40H43F2N5O10. The number of halogens is 2. The number of H-pyrrole nitrogens is 1. The molecule has 2 bridgehead atoms. The molecule has 0 spiro atoms. The summed E-state index contributed by atoms with van der Waals surface area (Å²) in [5.74, 6) is -3.99. The average molecular weight is 792 g/mol. The molecule has 0 unspecified atom stereocenters. The summed E-state index contributed by atoms with van der Waals surface area (Å²) in [6.45, 7) is 5.63. The quantitative estimate of drug-likeness (QED) is 0.0716. The van der Waals surface area contributed by atoms with Gasteiger partial charge in [-0.25, -0.2) is 23.7 Å². The van der Waals surface area contributed by atoms with Crippen molar-refractivity contribution in [2.75, 3.05) is 6.61 Å². The Labute approximate surface area is 326 Å². The van der Waals surface area contributed by atoms with Gasteiger partial charge in [0.05, 0.1) is 28.9 Å². The second-order valence-corrected chi connectivity index (χ2v) is 15.2. The van der Waals surface area contributed by atoms with E-state index in [2.05, 4.69) is 19.9 Å². The SMILES string of the molecule is CC(=O)OC[C@H]1O[C@@H](Oc2ccc(COC(=O)[C@H]3C4CCC(CC4)[C@@H]3Cc3nc(-c4c[nH]c5ncc(F)cc45)ncc3F)cc2[N+](=O)[O-])[C@H](C)[C@@H](C)[C@H]1OC(C)=O. The Morgan fingerprint density at radius 2 is 1.74 bits per heavy atom. The first kappa shape index (κ1) is 39.6. The number of fused-ring (bicyclic) bond motifs is 4. The third kappa shape index (κ3) is 8.43. The zero-order chi connectivity index (χ0) is 40.5. The number of pyridine rings is 1. The zero-order valence-electron chi connectivity index (χ0n) is 31.8. The van der Waals surface area contributed by atoms with Gasteiger partial charge in [-0.1, -0.05) is 19.9 Å². The van der Waals surface area contributed by atoms with Crippen LogP contribution < -0.4 is 4.74 Å². The third-order valence-electron chi connectivity index (χ3n) is 11.7. The van der Waals surface area contributed by atoms with Crippen molar-refractivity contribution in [3.8, 4) is 17.1 Å². The van der Waals surface area contributed by atoms with Crippen LogP contribution in [-0.2, 0) is 46.4 Å². The number of nitro benzene ring substituents is 1. The Morgan fingerprint density at radius 1 is 0.982 bits per heavy atom. The van der Waals surface area contributed by atoms with Gasteiger partial charge in [-0.15, -0.1) is 0 Å². The van der Waals surface area contributed by atoms with Crippen molar-refractivity contribution >= 4 is 34.6 Å². The van der Waals surface area contributed by atoms with Crippen LogP contribution in [0.3, 0.4) is 0 Å². The fourth-order valence-corrected chi connectivity index (χ4v) is 8.67. The third-order valence-corrected chi connectivity index (χ3v) is 11.7. The topological polar surface area (TPSA) is 195 Å². The number of hydrogen-bond donors (Lipinski definition) is 1. The first-order valence-electron chi connectivity index (χ1n) is 19.0. The van der Waals surface area contributed by atoms with Gasteiger partial charge in [0.1, 0.15) is 36.9 Å². The van der Waals surface area contributed by atoms with Crippen LogP contribution in [0.1, 0.15) is 64.6 Å². The van der Waals surface area contributed by atoms with E-state index in [0.29, 0.717) is 22.2 Å². The average Bonchev–Trinajstić information content (AvgIpc) is 3.60. The molecule has 4 heterocycles. The number of aromatic nitrogens is 4. The van der Waals surface area contributed by atoms with Gasteiger partial charge in [-0.05, 0) is 67.6 Å². The Morgan fingerprint density at radius 3 is 2.46 bits per heavy atom. The molecule has 17 heteroatoms. The molecule has 8 rings (SSSR count). The second-order valence-electron chi connectivity index (χ2n) is 15.2. The van der Waals surface area contributed by atoms with E-state index in [9.17, 15) is 28.9 Å². The van der Waals surface area contributed by atoms with E-state index >= 15 is 4.39 Å². The molecule has 1 saturated heterocycles. The number of nitro groups is 1. The number of benzene rings is 1. The molecular weight excluding hydrogens is 748 g/mol. The Hall–Kier alpha value is -5.58. The highest BCUT2D eigenvalue weighted by Crippen LogP contribution is 2.50. The number of ether oxygens (including phenoxy) is 5. The molecule has 4 fully saturated rings. The van der Waals surface area contributed by atoms with Gasteiger partial charge in [-0.3, -0.25) is 24.5 Å². The van der Waals surface area contributed by atoms with Crippen LogP contribution in [0.25, 0.3) is 22.4 Å². The predicted octanol–water partition coefficient (Wildman–Crippen LogP) is 6.42. The van der Waals surface area contributed by atoms with Crippen LogP contribution in [0.2, 0.25) is 0 Å². The number of hydrogen-bond acceptors (Lipinski definition) is 13. The molecule has 302 valence electrons. The highest BCUT2D eigenvalue weighted by atomic mass is 19.1. The molecule has 4 aromatic rings. The van der Waals surface area contributed by atoms with Crippen LogP contribution in [0, 0.1) is 57.3 Å². The molecule has 1 N–H and O–H groups in total. The Kier molecular flexibility index (Phi) is 11.5. The van der Waals surface area contributed by atoms with Gasteiger partial charge in [0.2, 0.25) is 6.29 Å². The highest BCUT2D eigenvalue weighted by molar-refractivity contribution is 5.91. The van der Waals surface area contributed by atoms with Gasteiger partial charge in [0.15, 0.2) is 17.4 Å². The van der Waals surface area contributed by atoms with Gasteiger partial charge in [0.25, 0.3) is 0 Å². The van der Waals surface area contributed by atoms with E-state index in [-0.39, 0.29) is 66.3 Å². The maximum absolute atomic E-state index is 15.3. The standard InChI is InChI=1S/C40H43F2N5O10/c1-19-20(2)40(57-34(18-53-21(3)48)36(19)55-22(4)49)56-33-10-5-23(11-32(33)47(51)52)17-54-39(50)35-25-8-6-24(7-9-25)27(35)13-31-30(42)16-45-38(46-31)29-15-44-37-28(29)12-26(41)14-43-37/h5,10-12,14-16,19-20,24-25,27,34-36,40H,6-9,13,17-18H2,1-4H3,(H,43,44)/t19-,20-,24?,25?,27+,34-,35+,36-,40-/m1/s1. The monoisotopic (exact) mass is 791 g/mol. The number of nitrogens with one attached hydrogen (secondary N) is 1. The minimum Gasteiger partial charge on any atom is -0.463 e. The van der Waals surface area contributed by atoms with E-state index in [4.69, 9.17) is 23.7 Å². The van der Waals surface area contributed by atoms with Crippen LogP contribution in [-0.4, -0.2) is 67.9 Å². The van der Waals surface area contributed by atoms with E-state index < -0.39 is 64.8 Å². The Balaban J connectivity index is 1.05. The first-order chi connectivity index (χ1) is 27.3. The van der Waals surface area contributed by atoms with Crippen molar-refractivity contribution in [2.45, 2.75) is 84.9 Å². The fraction of sp³-hybridized carbons (Fsp3) is 0.500. The van der Waals surface area contributed by atoms with E-state index in [1.165, 1.54) is 32.0 Å². The van der Waals surface area contributed by atoms with Gasteiger partial charge in [-0.2, -0.15) is 0 Å². The van der Waals surface area contributed by atoms with Gasteiger partial charge < -0.3 is 28.7 Å². The number of nitrogens with zero attached hydrogens (tertiary/aromatic N) is 4. The predicted molar refractivity (Wildman–Crippen MR) is 196 cm³/mol. The number of rotatable bonds is 12. The molecule has 57 heavy (non-hydrogen) atoms. The minimum atomic E-state index is -1.02. The van der Waals surface area contributed by atoms with E-state index in [1.54, 1.807) is 19.2 Å². The van der Waals surface area contributed by atoms with Crippen LogP contribution in [0.4, 0.5) is 14.5 Å². The lowest BCUT2D eigenvalue weighted by Gasteiger charge is -2.47. The minimum absolute atomic E-state index is 0.0228. The summed E-state index contributed by atoms with van der Waals surface area (Å²) in [6.07, 6.45) is 4.69. The van der Waals surface area contributed by atoms with Crippen LogP contribution in [0.5, 0.6) is 5.75 Å². The molecule has 0 radical (unpaired) electrons. The summed E-state index contributed by atoms with van der Waals surface area (Å²) < 4.78 is 57.9. The van der Waals surface area contributed by atoms with Crippen LogP contribution in [0.15, 0.2) is 42.9 Å². The largest absolute Gasteiger partial charge is 0.463 e. The molecule has 3 aromatic heterocycles.